The summed E-state index contributed by atoms with van der Waals surface area (Å²) in [5, 5.41) is 5.81. The first-order valence-electron chi connectivity index (χ1n) is 2.07. The zero-order valence-electron chi connectivity index (χ0n) is 4.84. The van der Waals surface area contributed by atoms with Gasteiger partial charge in [0.2, 0.25) is 0 Å². The summed E-state index contributed by atoms with van der Waals surface area (Å²) in [4.78, 5) is 3.74. The molecule has 0 amide bonds. The molecule has 5 nitrogen and oxygen atoms in total. The van der Waals surface area contributed by atoms with Gasteiger partial charge in [0.05, 0.1) is 5.51 Å². The molecule has 1 heterocycles. The zero-order valence-corrected chi connectivity index (χ0v) is 6.47. The van der Waals surface area contributed by atoms with E-state index in [0.717, 1.165) is 0 Å². The second-order valence-electron chi connectivity index (χ2n) is 1.19. The predicted octanol–water partition coefficient (Wildman–Crippen LogP) is -0.109. The highest BCUT2D eigenvalue weighted by molar-refractivity contribution is 7.83. The number of nitrogens with zero attached hydrogens (tertiary/aromatic N) is 1. The molecule has 0 saturated heterocycles. The summed E-state index contributed by atoms with van der Waals surface area (Å²) in [5.41, 5.74) is 1.79. The largest absolute Gasteiger partial charge is 0.330 e. The van der Waals surface area contributed by atoms with Gasteiger partial charge in [0.15, 0.2) is 0 Å². The molecular weight excluding hydrogens is 176 g/mol. The van der Waals surface area contributed by atoms with Crippen molar-refractivity contribution in [2.45, 2.75) is 0 Å². The van der Waals surface area contributed by atoms with Crippen LogP contribution in [0.2, 0.25) is 0 Å². The van der Waals surface area contributed by atoms with Crippen molar-refractivity contribution in [2.24, 2.45) is 5.14 Å². The van der Waals surface area contributed by atoms with Crippen LogP contribution < -0.4 is 5.14 Å². The Morgan fingerprint density at radius 2 is 2.10 bits per heavy atom. The van der Waals surface area contributed by atoms with Crippen molar-refractivity contribution in [3.63, 3.8) is 0 Å². The fraction of sp³-hybridized carbons (Fsp3) is 0. The molecule has 10 heavy (non-hydrogen) atoms. The Balaban J connectivity index is 0.000000162. The third kappa shape index (κ3) is 15.6. The van der Waals surface area contributed by atoms with Crippen LogP contribution in [-0.4, -0.2) is 18.0 Å². The monoisotopic (exact) mass is 182 g/mol. The molecular formula is C3H6N2O3S2. The summed E-state index contributed by atoms with van der Waals surface area (Å²) in [6.07, 6.45) is 1.77. The van der Waals surface area contributed by atoms with Crippen molar-refractivity contribution >= 4 is 21.6 Å². The van der Waals surface area contributed by atoms with Crippen LogP contribution in [0.4, 0.5) is 0 Å². The van der Waals surface area contributed by atoms with Gasteiger partial charge in [0.25, 0.3) is 0 Å². The lowest BCUT2D eigenvalue weighted by Crippen LogP contribution is -2.08. The van der Waals surface area contributed by atoms with E-state index in [1.54, 1.807) is 23.0 Å². The number of hydrogen-bond donors (Lipinski definition) is 2. The van der Waals surface area contributed by atoms with Crippen LogP contribution >= 0.6 is 11.3 Å². The number of nitrogens with two attached hydrogens (primary N) is 1. The van der Waals surface area contributed by atoms with E-state index >= 15 is 0 Å². The van der Waals surface area contributed by atoms with Crippen molar-refractivity contribution in [3.05, 3.63) is 17.1 Å². The standard InChI is InChI=1S/C3H3NS.H3NO3S/c1-2-5-3-4-1;1-5(2,3)4/h1-3H;(H3,1,2,3,4). The Morgan fingerprint density at radius 1 is 1.60 bits per heavy atom. The molecule has 3 N–H and O–H groups in total. The summed E-state index contributed by atoms with van der Waals surface area (Å²) in [6, 6.07) is 0. The van der Waals surface area contributed by atoms with E-state index in [2.05, 4.69) is 10.1 Å². The first-order chi connectivity index (χ1) is 4.50. The minimum Gasteiger partial charge on any atom is -0.274 e. The van der Waals surface area contributed by atoms with Gasteiger partial charge in [0.1, 0.15) is 0 Å². The molecule has 1 aromatic heterocycles. The van der Waals surface area contributed by atoms with E-state index in [1.807, 2.05) is 5.38 Å². The molecule has 0 aliphatic rings. The van der Waals surface area contributed by atoms with Gasteiger partial charge in [-0.3, -0.25) is 9.54 Å². The topological polar surface area (TPSA) is 93.3 Å². The van der Waals surface area contributed by atoms with Crippen LogP contribution in [-0.2, 0) is 10.3 Å². The van der Waals surface area contributed by atoms with Gasteiger partial charge < -0.3 is 0 Å². The van der Waals surface area contributed by atoms with Crippen LogP contribution in [0.15, 0.2) is 17.1 Å². The summed E-state index contributed by atoms with van der Waals surface area (Å²) in [6.45, 7) is 0. The van der Waals surface area contributed by atoms with Gasteiger partial charge >= 0.3 is 10.3 Å². The molecule has 0 radical (unpaired) electrons. The molecule has 0 aliphatic heterocycles. The van der Waals surface area contributed by atoms with Crippen molar-refractivity contribution in [1.29, 1.82) is 0 Å². The maximum atomic E-state index is 8.97. The maximum Gasteiger partial charge on any atom is 0.330 e. The van der Waals surface area contributed by atoms with E-state index in [0.29, 0.717) is 0 Å². The fourth-order valence-electron chi connectivity index (χ4n) is 0.176. The van der Waals surface area contributed by atoms with Crippen molar-refractivity contribution in [2.75, 3.05) is 0 Å². The average molecular weight is 182 g/mol. The summed E-state index contributed by atoms with van der Waals surface area (Å²) in [5.74, 6) is 0. The zero-order chi connectivity index (χ0) is 8.04. The smallest absolute Gasteiger partial charge is 0.274 e. The Bertz CT molecular complexity index is 216. The highest BCUT2D eigenvalue weighted by atomic mass is 32.2. The van der Waals surface area contributed by atoms with Crippen molar-refractivity contribution in [1.82, 2.24) is 4.98 Å². The predicted molar refractivity (Wildman–Crippen MR) is 37.9 cm³/mol. The Kier molecular flexibility index (Phi) is 4.12. The molecule has 1 rings (SSSR count). The number of thiazole rings is 1. The van der Waals surface area contributed by atoms with Crippen LogP contribution in [0.3, 0.4) is 0 Å². The van der Waals surface area contributed by atoms with E-state index < -0.39 is 10.3 Å². The number of rotatable bonds is 0. The lowest BCUT2D eigenvalue weighted by atomic mass is 11.0. The highest BCUT2D eigenvalue weighted by Crippen LogP contribution is 1.85. The normalized spacial score (nSPS) is 9.80. The molecule has 0 spiro atoms. The van der Waals surface area contributed by atoms with E-state index in [4.69, 9.17) is 13.0 Å². The number of hydrogen-bond acceptors (Lipinski definition) is 4. The van der Waals surface area contributed by atoms with Gasteiger partial charge in [-0.25, -0.2) is 5.14 Å². The SMILES string of the molecule is NS(=O)(=O)O.c1cscn1. The Hall–Kier alpha value is -0.500. The summed E-state index contributed by atoms with van der Waals surface area (Å²) < 4.78 is 25.2. The average Bonchev–Trinajstić information content (AvgIpc) is 2.07. The minimum atomic E-state index is -4.17. The molecule has 0 aliphatic carbocycles. The van der Waals surface area contributed by atoms with Crippen molar-refractivity contribution in [3.8, 4) is 0 Å². The molecule has 0 fully saturated rings. The van der Waals surface area contributed by atoms with E-state index in [1.165, 1.54) is 0 Å². The Labute approximate surface area is 62.4 Å². The van der Waals surface area contributed by atoms with Gasteiger partial charge in [-0.05, 0) is 0 Å². The molecule has 0 unspecified atom stereocenters. The lowest BCUT2D eigenvalue weighted by Gasteiger charge is -1.70. The maximum absolute atomic E-state index is 8.97. The van der Waals surface area contributed by atoms with Gasteiger partial charge in [-0.15, -0.1) is 11.3 Å². The van der Waals surface area contributed by atoms with Crippen LogP contribution in [0.1, 0.15) is 0 Å². The van der Waals surface area contributed by atoms with Crippen LogP contribution in [0.25, 0.3) is 0 Å². The first-order valence-corrected chi connectivity index (χ1v) is 4.52. The molecule has 58 valence electrons. The third-order valence-corrected chi connectivity index (χ3v) is 0.869. The van der Waals surface area contributed by atoms with Gasteiger partial charge in [-0.1, -0.05) is 0 Å². The van der Waals surface area contributed by atoms with Crippen LogP contribution in [0, 0.1) is 0 Å². The van der Waals surface area contributed by atoms with E-state index in [9.17, 15) is 0 Å². The molecule has 0 aromatic carbocycles. The summed E-state index contributed by atoms with van der Waals surface area (Å²) in [7, 11) is -4.17. The van der Waals surface area contributed by atoms with Gasteiger partial charge in [0, 0.05) is 11.6 Å². The molecule has 1 aromatic rings. The molecule has 0 bridgehead atoms. The fourth-order valence-corrected chi connectivity index (χ4v) is 0.527. The van der Waals surface area contributed by atoms with Crippen LogP contribution in [0.5, 0.6) is 0 Å². The number of aromatic nitrogens is 1. The first kappa shape index (κ1) is 9.50. The molecule has 7 heteroatoms. The Morgan fingerprint density at radius 3 is 2.20 bits per heavy atom. The quantitative estimate of drug-likeness (QED) is 0.547. The third-order valence-electron chi connectivity index (χ3n) is 0.347. The van der Waals surface area contributed by atoms with E-state index in [-0.39, 0.29) is 0 Å². The minimum absolute atomic E-state index is 1.60. The second-order valence-corrected chi connectivity index (χ2v) is 2.98. The highest BCUT2D eigenvalue weighted by Gasteiger charge is 1.81. The second kappa shape index (κ2) is 4.34. The lowest BCUT2D eigenvalue weighted by molar-refractivity contribution is 0.485. The molecule has 0 atom stereocenters. The van der Waals surface area contributed by atoms with Gasteiger partial charge in [-0.2, -0.15) is 8.42 Å². The summed E-state index contributed by atoms with van der Waals surface area (Å²) >= 11 is 1.60. The van der Waals surface area contributed by atoms with Crippen molar-refractivity contribution < 1.29 is 13.0 Å². The molecule has 0 saturated carbocycles.